The Kier molecular flexibility index (Phi) is 5.91. The standard InChI is InChI=1S/C12H17N3O5S/c1-12(17,7-21-3)6-13-10-9(15(18)19)5-4-8(14-10)11(16)20-2/h4-5,17H,6-7H2,1-3H3,(H,13,14). The van der Waals surface area contributed by atoms with Gasteiger partial charge in [0, 0.05) is 18.4 Å². The molecule has 0 saturated carbocycles. The van der Waals surface area contributed by atoms with Crippen LogP contribution in [0.15, 0.2) is 12.1 Å². The molecule has 1 atom stereocenters. The summed E-state index contributed by atoms with van der Waals surface area (Å²) in [6.07, 6.45) is 1.84. The summed E-state index contributed by atoms with van der Waals surface area (Å²) in [4.78, 5) is 25.7. The van der Waals surface area contributed by atoms with Gasteiger partial charge in [0.2, 0.25) is 5.82 Å². The molecule has 1 heterocycles. The van der Waals surface area contributed by atoms with Crippen molar-refractivity contribution in [1.82, 2.24) is 4.98 Å². The molecule has 1 aromatic heterocycles. The number of aliphatic hydroxyl groups is 1. The molecule has 0 aromatic carbocycles. The molecule has 0 bridgehead atoms. The fourth-order valence-electron chi connectivity index (χ4n) is 1.58. The Balaban J connectivity index is 3.01. The number of aromatic nitrogens is 1. The highest BCUT2D eigenvalue weighted by Crippen LogP contribution is 2.23. The molecule has 1 unspecified atom stereocenters. The number of hydrogen-bond donors (Lipinski definition) is 2. The average Bonchev–Trinajstić information content (AvgIpc) is 2.43. The van der Waals surface area contributed by atoms with Crippen molar-refractivity contribution in [3.63, 3.8) is 0 Å². The maximum Gasteiger partial charge on any atom is 0.356 e. The van der Waals surface area contributed by atoms with Gasteiger partial charge in [-0.2, -0.15) is 11.8 Å². The Morgan fingerprint density at radius 3 is 2.81 bits per heavy atom. The van der Waals surface area contributed by atoms with Crippen LogP contribution in [0.4, 0.5) is 11.5 Å². The summed E-state index contributed by atoms with van der Waals surface area (Å²) in [7, 11) is 1.20. The summed E-state index contributed by atoms with van der Waals surface area (Å²) < 4.78 is 4.52. The predicted molar refractivity (Wildman–Crippen MR) is 79.7 cm³/mol. The van der Waals surface area contributed by atoms with Crippen molar-refractivity contribution in [1.29, 1.82) is 0 Å². The van der Waals surface area contributed by atoms with Crippen molar-refractivity contribution in [3.8, 4) is 0 Å². The zero-order valence-electron chi connectivity index (χ0n) is 12.0. The van der Waals surface area contributed by atoms with Crippen LogP contribution in [0.25, 0.3) is 0 Å². The molecule has 0 radical (unpaired) electrons. The Morgan fingerprint density at radius 2 is 2.29 bits per heavy atom. The minimum Gasteiger partial charge on any atom is -0.464 e. The van der Waals surface area contributed by atoms with Crippen molar-refractivity contribution in [2.24, 2.45) is 0 Å². The largest absolute Gasteiger partial charge is 0.464 e. The van der Waals surface area contributed by atoms with Crippen LogP contribution in [0.1, 0.15) is 17.4 Å². The summed E-state index contributed by atoms with van der Waals surface area (Å²) in [6.45, 7) is 1.67. The van der Waals surface area contributed by atoms with Gasteiger partial charge in [-0.05, 0) is 19.2 Å². The van der Waals surface area contributed by atoms with Crippen LogP contribution >= 0.6 is 11.8 Å². The van der Waals surface area contributed by atoms with E-state index < -0.39 is 16.5 Å². The van der Waals surface area contributed by atoms with E-state index in [2.05, 4.69) is 15.0 Å². The van der Waals surface area contributed by atoms with Crippen LogP contribution in [0.3, 0.4) is 0 Å². The quantitative estimate of drug-likeness (QED) is 0.439. The number of anilines is 1. The highest BCUT2D eigenvalue weighted by atomic mass is 32.2. The molecule has 21 heavy (non-hydrogen) atoms. The van der Waals surface area contributed by atoms with Gasteiger partial charge in [-0.3, -0.25) is 10.1 Å². The summed E-state index contributed by atoms with van der Waals surface area (Å²) in [5.41, 5.74) is -1.38. The third-order valence-electron chi connectivity index (χ3n) is 2.56. The Bertz CT molecular complexity index is 536. The van der Waals surface area contributed by atoms with E-state index in [0.29, 0.717) is 5.75 Å². The van der Waals surface area contributed by atoms with Gasteiger partial charge in [0.25, 0.3) is 0 Å². The van der Waals surface area contributed by atoms with E-state index in [9.17, 15) is 20.0 Å². The molecule has 9 heteroatoms. The highest BCUT2D eigenvalue weighted by molar-refractivity contribution is 7.98. The van der Waals surface area contributed by atoms with E-state index in [1.165, 1.54) is 31.0 Å². The molecule has 2 N–H and O–H groups in total. The third-order valence-corrected chi connectivity index (χ3v) is 3.47. The fourth-order valence-corrected chi connectivity index (χ4v) is 2.31. The topological polar surface area (TPSA) is 115 Å². The van der Waals surface area contributed by atoms with Gasteiger partial charge in [0.15, 0.2) is 5.69 Å². The number of pyridine rings is 1. The maximum atomic E-state index is 11.4. The Hall–Kier alpha value is -1.87. The lowest BCUT2D eigenvalue weighted by atomic mass is 10.1. The van der Waals surface area contributed by atoms with Crippen LogP contribution in [0, 0.1) is 10.1 Å². The van der Waals surface area contributed by atoms with E-state index in [1.807, 2.05) is 6.26 Å². The van der Waals surface area contributed by atoms with E-state index in [0.717, 1.165) is 0 Å². The second-order valence-corrected chi connectivity index (χ2v) is 5.46. The number of nitrogens with one attached hydrogen (secondary N) is 1. The van der Waals surface area contributed by atoms with Gasteiger partial charge in [-0.25, -0.2) is 9.78 Å². The normalized spacial score (nSPS) is 13.3. The second-order valence-electron chi connectivity index (χ2n) is 4.60. The number of nitrogens with zero attached hydrogens (tertiary/aromatic N) is 2. The second kappa shape index (κ2) is 7.23. The lowest BCUT2D eigenvalue weighted by Crippen LogP contribution is -2.36. The molecule has 8 nitrogen and oxygen atoms in total. The molecule has 116 valence electrons. The Labute approximate surface area is 126 Å². The van der Waals surface area contributed by atoms with Crippen molar-refractivity contribution in [3.05, 3.63) is 27.9 Å². The van der Waals surface area contributed by atoms with Crippen LogP contribution in [0.5, 0.6) is 0 Å². The van der Waals surface area contributed by atoms with Crippen LogP contribution in [-0.4, -0.2) is 52.2 Å². The van der Waals surface area contributed by atoms with Gasteiger partial charge in [0.1, 0.15) is 0 Å². The van der Waals surface area contributed by atoms with Crippen molar-refractivity contribution < 1.29 is 19.6 Å². The number of methoxy groups -OCH3 is 1. The lowest BCUT2D eigenvalue weighted by Gasteiger charge is -2.22. The van der Waals surface area contributed by atoms with Crippen molar-refractivity contribution in [2.75, 3.05) is 31.0 Å². The molecule has 0 aliphatic carbocycles. The number of esters is 1. The zero-order valence-corrected chi connectivity index (χ0v) is 12.8. The third kappa shape index (κ3) is 4.87. The van der Waals surface area contributed by atoms with Crippen molar-refractivity contribution >= 4 is 29.2 Å². The summed E-state index contributed by atoms with van der Waals surface area (Å²) in [5.74, 6) is -0.321. The summed E-state index contributed by atoms with van der Waals surface area (Å²) in [6, 6.07) is 2.39. The molecule has 1 aromatic rings. The molecule has 0 amide bonds. The highest BCUT2D eigenvalue weighted by Gasteiger charge is 2.24. The molecular weight excluding hydrogens is 298 g/mol. The monoisotopic (exact) mass is 315 g/mol. The van der Waals surface area contributed by atoms with E-state index in [1.54, 1.807) is 6.92 Å². The van der Waals surface area contributed by atoms with E-state index >= 15 is 0 Å². The molecular formula is C12H17N3O5S. The van der Waals surface area contributed by atoms with Crippen LogP contribution < -0.4 is 5.32 Å². The molecule has 0 aliphatic rings. The van der Waals surface area contributed by atoms with Gasteiger partial charge in [-0.1, -0.05) is 0 Å². The minimum atomic E-state index is -1.06. The lowest BCUT2D eigenvalue weighted by molar-refractivity contribution is -0.384. The first-order chi connectivity index (χ1) is 9.80. The van der Waals surface area contributed by atoms with E-state index in [-0.39, 0.29) is 23.7 Å². The molecule has 1 rings (SSSR count). The summed E-state index contributed by atoms with van der Waals surface area (Å²) in [5, 5.41) is 23.7. The number of thioether (sulfide) groups is 1. The minimum absolute atomic E-state index is 0.0462. The van der Waals surface area contributed by atoms with Crippen LogP contribution in [0.2, 0.25) is 0 Å². The van der Waals surface area contributed by atoms with Crippen LogP contribution in [-0.2, 0) is 4.74 Å². The molecule has 0 saturated heterocycles. The first-order valence-corrected chi connectivity index (χ1v) is 7.39. The number of ether oxygens (including phenoxy) is 1. The van der Waals surface area contributed by atoms with E-state index in [4.69, 9.17) is 0 Å². The molecule has 0 spiro atoms. The number of carbonyl (C=O) groups excluding carboxylic acids is 1. The average molecular weight is 315 g/mol. The predicted octanol–water partition coefficient (Wildman–Crippen LogP) is 1.30. The molecule has 0 fully saturated rings. The number of rotatable bonds is 7. The Morgan fingerprint density at radius 1 is 1.62 bits per heavy atom. The fraction of sp³-hybridized carbons (Fsp3) is 0.500. The molecule has 0 aliphatic heterocycles. The SMILES string of the molecule is COC(=O)c1ccc([N+](=O)[O-])c(NCC(C)(O)CSC)n1. The number of hydrogen-bond acceptors (Lipinski definition) is 8. The number of carbonyl (C=O) groups is 1. The van der Waals surface area contributed by atoms with Gasteiger partial charge in [-0.15, -0.1) is 0 Å². The van der Waals surface area contributed by atoms with Gasteiger partial charge in [0.05, 0.1) is 17.6 Å². The zero-order chi connectivity index (χ0) is 16.0. The maximum absolute atomic E-state index is 11.4. The number of nitro groups is 1. The van der Waals surface area contributed by atoms with Crippen molar-refractivity contribution in [2.45, 2.75) is 12.5 Å². The smallest absolute Gasteiger partial charge is 0.356 e. The first kappa shape index (κ1) is 17.2. The van der Waals surface area contributed by atoms with Gasteiger partial charge < -0.3 is 15.2 Å². The van der Waals surface area contributed by atoms with Gasteiger partial charge >= 0.3 is 11.7 Å². The summed E-state index contributed by atoms with van der Waals surface area (Å²) >= 11 is 1.45. The first-order valence-electron chi connectivity index (χ1n) is 5.99.